The summed E-state index contributed by atoms with van der Waals surface area (Å²) in [4.78, 5) is 22.4. The summed E-state index contributed by atoms with van der Waals surface area (Å²) in [7, 11) is 1.56. The van der Waals surface area contributed by atoms with E-state index >= 15 is 0 Å². The van der Waals surface area contributed by atoms with Crippen LogP contribution in [0.3, 0.4) is 0 Å². The highest BCUT2D eigenvalue weighted by molar-refractivity contribution is 5.85. The normalized spacial score (nSPS) is 12.9. The smallest absolute Gasteiger partial charge is 0.328 e. The Bertz CT molecular complexity index is 260. The molecule has 0 aliphatic rings. The van der Waals surface area contributed by atoms with E-state index in [0.717, 1.165) is 12.8 Å². The number of urea groups is 1. The molecule has 3 N–H and O–H groups in total. The molecule has 0 aromatic carbocycles. The first-order valence-corrected chi connectivity index (χ1v) is 5.64. The number of ether oxygens (including phenoxy) is 1. The Balaban J connectivity index is 4.27. The number of hydrogen-bond donors (Lipinski definition) is 3. The van der Waals surface area contributed by atoms with Gasteiger partial charge in [0.15, 0.2) is 0 Å². The number of carboxylic acid groups (broad SMARTS) is 1. The van der Waals surface area contributed by atoms with Gasteiger partial charge in [-0.2, -0.15) is 0 Å². The van der Waals surface area contributed by atoms with Crippen LogP contribution in [0, 0.1) is 0 Å². The van der Waals surface area contributed by atoms with Gasteiger partial charge < -0.3 is 20.5 Å². The van der Waals surface area contributed by atoms with Gasteiger partial charge in [0.2, 0.25) is 0 Å². The number of methoxy groups -OCH3 is 1. The first-order chi connectivity index (χ1) is 7.83. The van der Waals surface area contributed by atoms with Crippen molar-refractivity contribution >= 4 is 12.0 Å². The molecule has 0 aromatic rings. The van der Waals surface area contributed by atoms with Gasteiger partial charge in [-0.05, 0) is 20.3 Å². The van der Waals surface area contributed by atoms with Crippen molar-refractivity contribution in [3.8, 4) is 0 Å². The molecule has 0 aromatic heterocycles. The molecule has 1 unspecified atom stereocenters. The minimum Gasteiger partial charge on any atom is -0.480 e. The lowest BCUT2D eigenvalue weighted by Crippen LogP contribution is -2.55. The maximum absolute atomic E-state index is 11.6. The summed E-state index contributed by atoms with van der Waals surface area (Å²) in [6.45, 7) is 5.28. The van der Waals surface area contributed by atoms with Crippen molar-refractivity contribution in [3.63, 3.8) is 0 Å². The van der Waals surface area contributed by atoms with Crippen molar-refractivity contribution < 1.29 is 19.4 Å². The minimum absolute atomic E-state index is 0.102. The molecule has 0 aliphatic carbocycles. The topological polar surface area (TPSA) is 87.7 Å². The second-order valence-corrected chi connectivity index (χ2v) is 4.47. The molecule has 0 fully saturated rings. The molecular formula is C11H22N2O4. The molecular weight excluding hydrogens is 224 g/mol. The lowest BCUT2D eigenvalue weighted by molar-refractivity contribution is -0.142. The summed E-state index contributed by atoms with van der Waals surface area (Å²) in [5.74, 6) is -1.08. The molecule has 6 nitrogen and oxygen atoms in total. The van der Waals surface area contributed by atoms with E-state index in [0.29, 0.717) is 6.61 Å². The maximum Gasteiger partial charge on any atom is 0.328 e. The number of carbonyl (C=O) groups is 2. The summed E-state index contributed by atoms with van der Waals surface area (Å²) in [5, 5.41) is 14.0. The highest BCUT2D eigenvalue weighted by Crippen LogP contribution is 2.02. The molecule has 17 heavy (non-hydrogen) atoms. The van der Waals surface area contributed by atoms with E-state index in [2.05, 4.69) is 10.6 Å². The minimum atomic E-state index is -1.28. The fourth-order valence-corrected chi connectivity index (χ4v) is 1.31. The van der Waals surface area contributed by atoms with E-state index in [1.807, 2.05) is 6.92 Å². The predicted octanol–water partition coefficient (Wildman–Crippen LogP) is 0.964. The number of rotatable bonds is 7. The van der Waals surface area contributed by atoms with Gasteiger partial charge in [0, 0.05) is 7.11 Å². The van der Waals surface area contributed by atoms with Gasteiger partial charge in [-0.3, -0.25) is 0 Å². The first kappa shape index (κ1) is 15.7. The number of hydrogen-bond acceptors (Lipinski definition) is 3. The second kappa shape index (κ2) is 7.11. The van der Waals surface area contributed by atoms with E-state index < -0.39 is 17.5 Å². The molecule has 0 rings (SSSR count). The van der Waals surface area contributed by atoms with Crippen molar-refractivity contribution in [2.24, 2.45) is 0 Å². The highest BCUT2D eigenvalue weighted by atomic mass is 16.5. The van der Waals surface area contributed by atoms with E-state index in [1.54, 1.807) is 7.11 Å². The van der Waals surface area contributed by atoms with Crippen molar-refractivity contribution in [3.05, 3.63) is 0 Å². The third-order valence-corrected chi connectivity index (χ3v) is 2.30. The van der Waals surface area contributed by atoms with Crippen LogP contribution in [0.5, 0.6) is 0 Å². The summed E-state index contributed by atoms with van der Waals surface area (Å²) < 4.78 is 4.98. The number of amides is 2. The van der Waals surface area contributed by atoms with Crippen LogP contribution in [0.4, 0.5) is 4.79 Å². The lowest BCUT2D eigenvalue weighted by atomic mass is 10.1. The highest BCUT2D eigenvalue weighted by Gasteiger charge is 2.29. The molecule has 0 aliphatic heterocycles. The van der Waals surface area contributed by atoms with Crippen LogP contribution in [0.25, 0.3) is 0 Å². The summed E-state index contributed by atoms with van der Waals surface area (Å²) in [6.07, 6.45) is 1.70. The Hall–Kier alpha value is -1.30. The predicted molar refractivity (Wildman–Crippen MR) is 64.0 cm³/mol. The van der Waals surface area contributed by atoms with Crippen molar-refractivity contribution in [2.75, 3.05) is 13.7 Å². The van der Waals surface area contributed by atoms with E-state index in [4.69, 9.17) is 9.84 Å². The van der Waals surface area contributed by atoms with Crippen LogP contribution in [0.15, 0.2) is 0 Å². The van der Waals surface area contributed by atoms with Gasteiger partial charge in [0.1, 0.15) is 5.54 Å². The van der Waals surface area contributed by atoms with Crippen molar-refractivity contribution in [1.82, 2.24) is 10.6 Å². The Morgan fingerprint density at radius 1 is 1.41 bits per heavy atom. The summed E-state index contributed by atoms with van der Waals surface area (Å²) in [5.41, 5.74) is -1.28. The quantitative estimate of drug-likeness (QED) is 0.624. The first-order valence-electron chi connectivity index (χ1n) is 5.64. The zero-order valence-corrected chi connectivity index (χ0v) is 10.9. The third-order valence-electron chi connectivity index (χ3n) is 2.30. The molecule has 1 atom stereocenters. The standard InChI is InChI=1S/C11H22N2O4/c1-5-6-8(7-17-4)12-10(16)13-11(2,3)9(14)15/h8H,5-7H2,1-4H3,(H,14,15)(H2,12,13,16). The Labute approximate surface area is 102 Å². The number of aliphatic carboxylic acids is 1. The second-order valence-electron chi connectivity index (χ2n) is 4.47. The number of carboxylic acids is 1. The fourth-order valence-electron chi connectivity index (χ4n) is 1.31. The third kappa shape index (κ3) is 6.11. The summed E-state index contributed by atoms with van der Waals surface area (Å²) in [6, 6.07) is -0.595. The van der Waals surface area contributed by atoms with Crippen LogP contribution < -0.4 is 10.6 Å². The zero-order valence-electron chi connectivity index (χ0n) is 10.9. The van der Waals surface area contributed by atoms with Crippen LogP contribution in [0.1, 0.15) is 33.6 Å². The van der Waals surface area contributed by atoms with Gasteiger partial charge in [-0.15, -0.1) is 0 Å². The maximum atomic E-state index is 11.6. The lowest BCUT2D eigenvalue weighted by Gasteiger charge is -2.24. The van der Waals surface area contributed by atoms with Crippen molar-refractivity contribution in [2.45, 2.75) is 45.2 Å². The Kier molecular flexibility index (Phi) is 6.57. The van der Waals surface area contributed by atoms with Crippen LogP contribution >= 0.6 is 0 Å². The molecule has 0 saturated carbocycles. The van der Waals surface area contributed by atoms with Crippen LogP contribution in [0.2, 0.25) is 0 Å². The van der Waals surface area contributed by atoms with Gasteiger partial charge in [0.25, 0.3) is 0 Å². The Morgan fingerprint density at radius 3 is 2.41 bits per heavy atom. The largest absolute Gasteiger partial charge is 0.480 e. The van der Waals surface area contributed by atoms with E-state index in [9.17, 15) is 9.59 Å². The van der Waals surface area contributed by atoms with Gasteiger partial charge >= 0.3 is 12.0 Å². The van der Waals surface area contributed by atoms with E-state index in [-0.39, 0.29) is 6.04 Å². The number of carbonyl (C=O) groups excluding carboxylic acids is 1. The van der Waals surface area contributed by atoms with Crippen LogP contribution in [-0.2, 0) is 9.53 Å². The molecule has 0 spiro atoms. The SMILES string of the molecule is CCCC(COC)NC(=O)NC(C)(C)C(=O)O. The van der Waals surface area contributed by atoms with Gasteiger partial charge in [-0.1, -0.05) is 13.3 Å². The van der Waals surface area contributed by atoms with E-state index in [1.165, 1.54) is 13.8 Å². The zero-order chi connectivity index (χ0) is 13.5. The molecule has 0 bridgehead atoms. The molecule has 0 radical (unpaired) electrons. The van der Waals surface area contributed by atoms with Gasteiger partial charge in [-0.25, -0.2) is 9.59 Å². The molecule has 6 heteroatoms. The molecule has 2 amide bonds. The van der Waals surface area contributed by atoms with Crippen LogP contribution in [-0.4, -0.2) is 42.4 Å². The van der Waals surface area contributed by atoms with Gasteiger partial charge in [0.05, 0.1) is 12.6 Å². The monoisotopic (exact) mass is 246 g/mol. The average Bonchev–Trinajstić information content (AvgIpc) is 2.16. The fraction of sp³-hybridized carbons (Fsp3) is 0.818. The van der Waals surface area contributed by atoms with Crippen molar-refractivity contribution in [1.29, 1.82) is 0 Å². The molecule has 100 valence electrons. The number of nitrogens with one attached hydrogen (secondary N) is 2. The average molecular weight is 246 g/mol. The Morgan fingerprint density at radius 2 is 2.00 bits per heavy atom. The molecule has 0 heterocycles. The summed E-state index contributed by atoms with van der Waals surface area (Å²) >= 11 is 0. The molecule has 0 saturated heterocycles.